The molecular formula is C15H23NO3. The Bertz CT molecular complexity index is 404. The average molecular weight is 265 g/mol. The van der Waals surface area contributed by atoms with Crippen molar-refractivity contribution in [3.63, 3.8) is 0 Å². The van der Waals surface area contributed by atoms with E-state index in [1.165, 1.54) is 12.8 Å². The van der Waals surface area contributed by atoms with Gasteiger partial charge < -0.3 is 19.5 Å². The summed E-state index contributed by atoms with van der Waals surface area (Å²) in [4.78, 5) is 0. The van der Waals surface area contributed by atoms with Crippen LogP contribution >= 0.6 is 0 Å². The molecule has 1 aliphatic rings. The van der Waals surface area contributed by atoms with E-state index in [-0.39, 0.29) is 6.10 Å². The third-order valence-corrected chi connectivity index (χ3v) is 3.16. The van der Waals surface area contributed by atoms with Crippen molar-refractivity contribution in [1.82, 2.24) is 5.32 Å². The molecule has 0 radical (unpaired) electrons. The fourth-order valence-electron chi connectivity index (χ4n) is 2.01. The lowest BCUT2D eigenvalue weighted by Gasteiger charge is -2.19. The average Bonchev–Trinajstić information content (AvgIpc) is 3.21. The number of nitrogens with one attached hydrogen (secondary N) is 1. The van der Waals surface area contributed by atoms with E-state index < -0.39 is 0 Å². The molecule has 1 atom stereocenters. The Labute approximate surface area is 115 Å². The summed E-state index contributed by atoms with van der Waals surface area (Å²) in [5, 5.41) is 3.50. The summed E-state index contributed by atoms with van der Waals surface area (Å²) < 4.78 is 16.5. The molecule has 0 amide bonds. The van der Waals surface area contributed by atoms with Crippen molar-refractivity contribution < 1.29 is 14.2 Å². The maximum Gasteiger partial charge on any atom is 0.166 e. The number of hydrogen-bond acceptors (Lipinski definition) is 4. The van der Waals surface area contributed by atoms with Gasteiger partial charge in [-0.05, 0) is 25.8 Å². The molecule has 0 spiro atoms. The topological polar surface area (TPSA) is 39.7 Å². The van der Waals surface area contributed by atoms with Gasteiger partial charge in [-0.3, -0.25) is 0 Å². The van der Waals surface area contributed by atoms with E-state index in [0.29, 0.717) is 12.6 Å². The second kappa shape index (κ2) is 6.78. The Morgan fingerprint density at radius 2 is 2.11 bits per heavy atom. The predicted octanol–water partition coefficient (Wildman–Crippen LogP) is 2.36. The van der Waals surface area contributed by atoms with Gasteiger partial charge in [0.05, 0.1) is 13.7 Å². The van der Waals surface area contributed by atoms with Crippen LogP contribution in [0.4, 0.5) is 0 Å². The van der Waals surface area contributed by atoms with Crippen molar-refractivity contribution in [2.45, 2.75) is 38.5 Å². The maximum absolute atomic E-state index is 5.97. The maximum atomic E-state index is 5.97. The molecule has 1 N–H and O–H groups in total. The van der Waals surface area contributed by atoms with Gasteiger partial charge in [-0.2, -0.15) is 0 Å². The number of ether oxygens (including phenoxy) is 3. The Hall–Kier alpha value is -1.26. The van der Waals surface area contributed by atoms with Crippen LogP contribution in [0.15, 0.2) is 18.2 Å². The molecule has 1 saturated carbocycles. The van der Waals surface area contributed by atoms with Gasteiger partial charge in [0.1, 0.15) is 6.10 Å². The minimum Gasteiger partial charge on any atom is -0.493 e. The van der Waals surface area contributed by atoms with E-state index in [9.17, 15) is 0 Å². The molecule has 1 fully saturated rings. The fourth-order valence-corrected chi connectivity index (χ4v) is 2.01. The zero-order valence-corrected chi connectivity index (χ0v) is 11.9. The highest BCUT2D eigenvalue weighted by molar-refractivity contribution is 5.46. The van der Waals surface area contributed by atoms with Gasteiger partial charge in [-0.1, -0.05) is 12.1 Å². The van der Waals surface area contributed by atoms with Gasteiger partial charge in [-0.15, -0.1) is 0 Å². The van der Waals surface area contributed by atoms with Crippen LogP contribution in [-0.2, 0) is 11.3 Å². The minimum atomic E-state index is 0.000903. The predicted molar refractivity (Wildman–Crippen MR) is 74.8 cm³/mol. The lowest BCUT2D eigenvalue weighted by molar-refractivity contribution is 0.0892. The van der Waals surface area contributed by atoms with Crippen LogP contribution in [0, 0.1) is 0 Å². The molecule has 0 aliphatic heterocycles. The zero-order chi connectivity index (χ0) is 13.7. The summed E-state index contributed by atoms with van der Waals surface area (Å²) in [5.41, 5.74) is 1.13. The van der Waals surface area contributed by atoms with Crippen molar-refractivity contribution in [2.75, 3.05) is 20.8 Å². The largest absolute Gasteiger partial charge is 0.493 e. The lowest BCUT2D eigenvalue weighted by Crippen LogP contribution is -2.21. The summed E-state index contributed by atoms with van der Waals surface area (Å²) in [7, 11) is 3.35. The summed E-state index contributed by atoms with van der Waals surface area (Å²) in [6.45, 7) is 3.37. The fraction of sp³-hybridized carbons (Fsp3) is 0.600. The smallest absolute Gasteiger partial charge is 0.166 e. The normalized spacial score (nSPS) is 16.2. The van der Waals surface area contributed by atoms with Gasteiger partial charge >= 0.3 is 0 Å². The van der Waals surface area contributed by atoms with E-state index in [4.69, 9.17) is 14.2 Å². The van der Waals surface area contributed by atoms with Crippen LogP contribution in [0.5, 0.6) is 11.5 Å². The minimum absolute atomic E-state index is 0.000903. The first-order valence-electron chi connectivity index (χ1n) is 6.79. The molecule has 19 heavy (non-hydrogen) atoms. The van der Waals surface area contributed by atoms with Crippen molar-refractivity contribution in [2.24, 2.45) is 0 Å². The third-order valence-electron chi connectivity index (χ3n) is 3.16. The van der Waals surface area contributed by atoms with E-state index in [2.05, 4.69) is 11.4 Å². The molecule has 0 heterocycles. The van der Waals surface area contributed by atoms with Crippen LogP contribution in [0.2, 0.25) is 0 Å². The van der Waals surface area contributed by atoms with Crippen molar-refractivity contribution >= 4 is 0 Å². The quantitative estimate of drug-likeness (QED) is 0.783. The van der Waals surface area contributed by atoms with Gasteiger partial charge in [0.15, 0.2) is 11.5 Å². The number of rotatable bonds is 8. The van der Waals surface area contributed by atoms with Gasteiger partial charge in [0, 0.05) is 25.3 Å². The van der Waals surface area contributed by atoms with Gasteiger partial charge in [0.2, 0.25) is 0 Å². The lowest BCUT2D eigenvalue weighted by atomic mass is 10.1. The first-order chi connectivity index (χ1) is 9.24. The first-order valence-corrected chi connectivity index (χ1v) is 6.79. The van der Waals surface area contributed by atoms with Crippen LogP contribution in [0.25, 0.3) is 0 Å². The second-order valence-corrected chi connectivity index (χ2v) is 4.99. The Kier molecular flexibility index (Phi) is 5.05. The molecule has 4 nitrogen and oxygen atoms in total. The molecule has 0 saturated heterocycles. The summed E-state index contributed by atoms with van der Waals surface area (Å²) in [6, 6.07) is 6.68. The monoisotopic (exact) mass is 265 g/mol. The van der Waals surface area contributed by atoms with E-state index in [0.717, 1.165) is 23.6 Å². The Morgan fingerprint density at radius 1 is 1.32 bits per heavy atom. The number of hydrogen-bond donors (Lipinski definition) is 1. The molecule has 106 valence electrons. The van der Waals surface area contributed by atoms with E-state index >= 15 is 0 Å². The Balaban J connectivity index is 2.09. The second-order valence-electron chi connectivity index (χ2n) is 4.99. The Morgan fingerprint density at radius 3 is 2.74 bits per heavy atom. The highest BCUT2D eigenvalue weighted by Crippen LogP contribution is 2.32. The van der Waals surface area contributed by atoms with Crippen molar-refractivity contribution in [1.29, 1.82) is 0 Å². The number of para-hydroxylation sites is 1. The SMILES string of the molecule is COCC(C)Oc1c(CNC2CC2)cccc1OC. The molecule has 1 unspecified atom stereocenters. The van der Waals surface area contributed by atoms with Crippen LogP contribution in [-0.4, -0.2) is 33.0 Å². The summed E-state index contributed by atoms with van der Waals surface area (Å²) >= 11 is 0. The molecule has 2 rings (SSSR count). The molecule has 0 aromatic heterocycles. The van der Waals surface area contributed by atoms with Crippen molar-refractivity contribution in [3.8, 4) is 11.5 Å². The van der Waals surface area contributed by atoms with Gasteiger partial charge in [-0.25, -0.2) is 0 Å². The molecule has 1 aromatic rings. The van der Waals surface area contributed by atoms with Crippen LogP contribution < -0.4 is 14.8 Å². The highest BCUT2D eigenvalue weighted by Gasteiger charge is 2.21. The van der Waals surface area contributed by atoms with E-state index in [1.54, 1.807) is 14.2 Å². The van der Waals surface area contributed by atoms with Gasteiger partial charge in [0.25, 0.3) is 0 Å². The molecule has 1 aromatic carbocycles. The number of methoxy groups -OCH3 is 2. The first kappa shape index (κ1) is 14.2. The standard InChI is InChI=1S/C15H23NO3/c1-11(10-17-2)19-15-12(9-16-13-7-8-13)5-4-6-14(15)18-3/h4-6,11,13,16H,7-10H2,1-3H3. The molecule has 0 bridgehead atoms. The highest BCUT2D eigenvalue weighted by atomic mass is 16.5. The van der Waals surface area contributed by atoms with Crippen LogP contribution in [0.1, 0.15) is 25.3 Å². The number of benzene rings is 1. The molecule has 4 heteroatoms. The van der Waals surface area contributed by atoms with E-state index in [1.807, 2.05) is 19.1 Å². The third kappa shape index (κ3) is 4.11. The van der Waals surface area contributed by atoms with Crippen molar-refractivity contribution in [3.05, 3.63) is 23.8 Å². The summed E-state index contributed by atoms with van der Waals surface area (Å²) in [6.07, 6.45) is 2.56. The van der Waals surface area contributed by atoms with Crippen LogP contribution in [0.3, 0.4) is 0 Å². The molecule has 1 aliphatic carbocycles. The zero-order valence-electron chi connectivity index (χ0n) is 11.9. The molecular weight excluding hydrogens is 242 g/mol. The summed E-state index contributed by atoms with van der Waals surface area (Å²) in [5.74, 6) is 1.60.